The van der Waals surface area contributed by atoms with Crippen molar-refractivity contribution in [2.45, 2.75) is 134 Å². The summed E-state index contributed by atoms with van der Waals surface area (Å²) >= 11 is 7.86. The van der Waals surface area contributed by atoms with Crippen molar-refractivity contribution < 1.29 is 96.7 Å². The van der Waals surface area contributed by atoms with Crippen LogP contribution in [0.15, 0.2) is 79.0 Å². The topological polar surface area (TPSA) is 559 Å². The number of nitrogens with zero attached hydrogens (tertiary/aromatic N) is 7. The quantitative estimate of drug-likeness (QED) is 0.0169. The molecule has 2 heterocycles. The van der Waals surface area contributed by atoms with Gasteiger partial charge in [0.1, 0.15) is 17.5 Å². The summed E-state index contributed by atoms with van der Waals surface area (Å²) in [6.45, 7) is 4.35. The third kappa shape index (κ3) is 44.7. The van der Waals surface area contributed by atoms with Gasteiger partial charge in [0.25, 0.3) is 0 Å². The van der Waals surface area contributed by atoms with Crippen LogP contribution in [0.25, 0.3) is 11.3 Å². The molecule has 1 aliphatic heterocycles. The number of rotatable bonds is 54. The number of hydrogen-bond acceptors (Lipinski definition) is 24. The molecule has 0 spiro atoms. The summed E-state index contributed by atoms with van der Waals surface area (Å²) in [7, 11) is 0. The van der Waals surface area contributed by atoms with Gasteiger partial charge in [-0.25, -0.2) is 19.1 Å². The molecule has 4 aromatic rings. The standard InChI is InChI=1S/C75H111IN18O18S.CO2/c76-56-21-17-53(18-22-56)43-60(95)13-3-1-2-10-55(71(104)105)45-64(96)61(14-4-7-27-83-75(113)85-57-23-19-52(20-24-57)42-59-46-92(50-67(79)99)32-31-90(48-65(77)97)29-30-91(49-66(78)98)33-34-93(59)51-68(80)100)86-69(101)25-36-110-38-40-112-41-39-111-37-35-94-47-63(88-89-94)54-11-8-12-58(44-54)84-73(108)81-26-6-5-15-62(72(106)107)87-74(109)82-28-9-16-70(102)103;2-1-3/h8,11-12,17-24,44,47,55,59,61-62H,1-7,9-10,13-16,25-43,45-46,48-51H2,(H2,77,97)(H2,78,98)(H2,79,99)(H2,80,100)(H,86,101)(H,102,103)(H,104,105)(H,106,107)(H2,81,84,108)(H2,82,87,109)(H2,83,85,113);. The Morgan fingerprint density at radius 3 is 1.74 bits per heavy atom. The maximum Gasteiger partial charge on any atom is 0.373 e. The van der Waals surface area contributed by atoms with Crippen LogP contribution in [0.3, 0.4) is 0 Å². The Labute approximate surface area is 692 Å². The van der Waals surface area contributed by atoms with Crippen molar-refractivity contribution in [3.8, 4) is 11.3 Å². The van der Waals surface area contributed by atoms with Crippen LogP contribution in [0.1, 0.15) is 107 Å². The maximum atomic E-state index is 14.0. The highest BCUT2D eigenvalue weighted by atomic mass is 127. The molecule has 38 nitrogen and oxygen atoms in total. The molecule has 0 radical (unpaired) electrons. The summed E-state index contributed by atoms with van der Waals surface area (Å²) in [5, 5.41) is 56.7. The average molecular weight is 1760 g/mol. The van der Waals surface area contributed by atoms with E-state index < -0.39 is 83.3 Å². The zero-order chi connectivity index (χ0) is 85.0. The summed E-state index contributed by atoms with van der Waals surface area (Å²) in [5.74, 6) is -7.34. The minimum atomic E-state index is -1.22. The molecule has 638 valence electrons. The lowest BCUT2D eigenvalue weighted by atomic mass is 9.91. The SMILES string of the molecule is NC(=O)CN1CCN(CC(N)=O)CCN(CC(N)=O)C(Cc2ccc(NC(=S)NCCCCC(NC(=O)CCOCCOCCOCCn3cc(-c4cccc(NC(=O)NCCCCC(NC(=O)NCCCC(=O)O)C(=O)O)c4)nn3)C(=O)CC(CCCCCC(=O)Cc3ccc(I)cc3)C(=O)O)cc2)CN(CC(N)=O)CC1.O=C=O. The molecule has 18 N–H and O–H groups in total. The first-order chi connectivity index (χ1) is 55.6. The van der Waals surface area contributed by atoms with Crippen LogP contribution in [0.5, 0.6) is 0 Å². The van der Waals surface area contributed by atoms with E-state index in [0.29, 0.717) is 157 Å². The van der Waals surface area contributed by atoms with Crippen LogP contribution >= 0.6 is 34.8 Å². The number of aromatic nitrogens is 3. The summed E-state index contributed by atoms with van der Waals surface area (Å²) in [4.78, 5) is 172. The lowest BCUT2D eigenvalue weighted by molar-refractivity contribution is -0.192. The van der Waals surface area contributed by atoms with Gasteiger partial charge in [-0.3, -0.25) is 62.8 Å². The highest BCUT2D eigenvalue weighted by Gasteiger charge is 2.30. The Bertz CT molecular complexity index is 3800. The number of nitrogens with two attached hydrogens (primary N) is 4. The summed E-state index contributed by atoms with van der Waals surface area (Å²) in [6, 6.07) is 18.5. The molecular weight excluding hydrogens is 1640 g/mol. The van der Waals surface area contributed by atoms with E-state index in [4.69, 9.17) is 64.1 Å². The third-order valence-electron chi connectivity index (χ3n) is 18.2. The van der Waals surface area contributed by atoms with Gasteiger partial charge in [-0.2, -0.15) is 9.59 Å². The van der Waals surface area contributed by atoms with Gasteiger partial charge in [-0.05, 0) is 147 Å². The van der Waals surface area contributed by atoms with E-state index in [2.05, 4.69) is 70.1 Å². The van der Waals surface area contributed by atoms with E-state index in [0.717, 1.165) is 14.7 Å². The maximum absolute atomic E-state index is 14.0. The highest BCUT2D eigenvalue weighted by Crippen LogP contribution is 2.23. The van der Waals surface area contributed by atoms with E-state index in [1.165, 1.54) is 0 Å². The van der Waals surface area contributed by atoms with Gasteiger partial charge in [0.2, 0.25) is 29.5 Å². The second-order valence-electron chi connectivity index (χ2n) is 27.6. The number of carboxylic acids is 3. The zero-order valence-corrected chi connectivity index (χ0v) is 68.2. The number of unbranched alkanes of at least 4 members (excludes halogenated alkanes) is 4. The Kier molecular flexibility index (Phi) is 48.4. The first kappa shape index (κ1) is 98.3. The number of carbonyl (C=O) groups is 12. The first-order valence-corrected chi connectivity index (χ1v) is 39.8. The number of hydrogen-bond donors (Lipinski definition) is 14. The van der Waals surface area contributed by atoms with Gasteiger partial charge in [0.15, 0.2) is 10.9 Å². The largest absolute Gasteiger partial charge is 0.481 e. The van der Waals surface area contributed by atoms with Crippen LogP contribution in [-0.2, 0) is 91.1 Å². The van der Waals surface area contributed by atoms with E-state index in [-0.39, 0.29) is 135 Å². The Hall–Kier alpha value is -10.0. The summed E-state index contributed by atoms with van der Waals surface area (Å²) in [5.41, 5.74) is 26.9. The normalized spacial score (nSPS) is 14.4. The molecule has 1 aliphatic rings. The van der Waals surface area contributed by atoms with E-state index in [1.54, 1.807) is 29.1 Å². The van der Waals surface area contributed by atoms with Crippen LogP contribution in [-0.4, -0.2) is 282 Å². The molecule has 1 saturated heterocycles. The second kappa shape index (κ2) is 57.1. The average Bonchev–Trinajstić information content (AvgIpc) is 1.40. The number of Topliss-reactive ketones (excluding diaryl/α,β-unsaturated/α-hetero) is 2. The number of thiocarbonyl (C=S) groups is 1. The molecule has 0 aliphatic carbocycles. The van der Waals surface area contributed by atoms with E-state index in [1.807, 2.05) is 74.2 Å². The summed E-state index contributed by atoms with van der Waals surface area (Å²) < 4.78 is 19.8. The van der Waals surface area contributed by atoms with Crippen molar-refractivity contribution in [2.24, 2.45) is 28.9 Å². The van der Waals surface area contributed by atoms with Gasteiger partial charge in [0, 0.05) is 124 Å². The van der Waals surface area contributed by atoms with Gasteiger partial charge in [0.05, 0.1) is 90.5 Å². The van der Waals surface area contributed by atoms with Crippen LogP contribution in [0.2, 0.25) is 0 Å². The van der Waals surface area contributed by atoms with Gasteiger partial charge in [-0.15, -0.1) is 5.10 Å². The fraction of sp³-hybridized carbons (Fsp3) is 0.553. The Morgan fingerprint density at radius 2 is 1.12 bits per heavy atom. The molecule has 40 heteroatoms. The number of aliphatic carboxylic acids is 3. The first-order valence-electron chi connectivity index (χ1n) is 38.3. The molecule has 9 amide bonds. The monoisotopic (exact) mass is 1750 g/mol. The number of urea groups is 2. The number of benzene rings is 3. The minimum Gasteiger partial charge on any atom is -0.481 e. The smallest absolute Gasteiger partial charge is 0.373 e. The lowest BCUT2D eigenvalue weighted by Gasteiger charge is -2.38. The van der Waals surface area contributed by atoms with Crippen molar-refractivity contribution in [1.82, 2.24) is 61.2 Å². The molecular formula is C76H111IN18O20S. The zero-order valence-electron chi connectivity index (χ0n) is 65.2. The molecule has 5 rings (SSSR count). The van der Waals surface area contributed by atoms with E-state index in [9.17, 15) is 67.7 Å². The molecule has 1 fully saturated rings. The van der Waals surface area contributed by atoms with Crippen LogP contribution in [0, 0.1) is 9.49 Å². The predicted octanol–water partition coefficient (Wildman–Crippen LogP) is 1.45. The second-order valence-corrected chi connectivity index (χ2v) is 29.3. The Morgan fingerprint density at radius 1 is 0.560 bits per heavy atom. The Balaban J connectivity index is 0.00000929. The molecule has 4 atom stereocenters. The van der Waals surface area contributed by atoms with Crippen molar-refractivity contribution in [3.05, 3.63) is 93.7 Å². The number of nitrogens with one attached hydrogen (secondary N) is 7. The number of carbonyl (C=O) groups excluding carboxylic acids is 11. The van der Waals surface area contributed by atoms with Crippen molar-refractivity contribution in [3.63, 3.8) is 0 Å². The van der Waals surface area contributed by atoms with Crippen molar-refractivity contribution in [2.75, 3.05) is 142 Å². The predicted molar refractivity (Wildman–Crippen MR) is 437 cm³/mol. The highest BCUT2D eigenvalue weighted by molar-refractivity contribution is 14.1. The fourth-order valence-corrected chi connectivity index (χ4v) is 12.9. The molecule has 3 aromatic carbocycles. The van der Waals surface area contributed by atoms with Crippen LogP contribution < -0.4 is 60.2 Å². The van der Waals surface area contributed by atoms with Gasteiger partial charge >= 0.3 is 36.1 Å². The lowest BCUT2D eigenvalue weighted by Crippen LogP contribution is -2.54. The number of ether oxygens (including phenoxy) is 3. The van der Waals surface area contributed by atoms with Crippen molar-refractivity contribution >= 4 is 129 Å². The molecule has 4 unspecified atom stereocenters. The van der Waals surface area contributed by atoms with E-state index >= 15 is 0 Å². The molecule has 116 heavy (non-hydrogen) atoms. The van der Waals surface area contributed by atoms with Gasteiger partial charge in [-0.1, -0.05) is 54.5 Å². The number of carboxylic acid groups (broad SMARTS) is 3. The minimum absolute atomic E-state index is 0.0186. The number of halogens is 1. The molecule has 1 aromatic heterocycles. The number of primary amides is 4. The molecule has 0 bridgehead atoms. The summed E-state index contributed by atoms with van der Waals surface area (Å²) in [6.07, 6.45) is 6.77. The number of ketones is 2. The van der Waals surface area contributed by atoms with Gasteiger partial charge < -0.3 is 89.7 Å². The third-order valence-corrected chi connectivity index (χ3v) is 19.1. The number of anilines is 2. The van der Waals surface area contributed by atoms with Crippen molar-refractivity contribution in [1.29, 1.82) is 0 Å². The van der Waals surface area contributed by atoms with Crippen LogP contribution in [0.4, 0.5) is 21.0 Å². The fourth-order valence-electron chi connectivity index (χ4n) is 12.3. The number of amides is 9. The molecule has 0 saturated carbocycles.